The summed E-state index contributed by atoms with van der Waals surface area (Å²) >= 11 is 0. The average Bonchev–Trinajstić information content (AvgIpc) is 3.05. The fraction of sp³-hybridized carbons (Fsp3) is 0.781. The molecule has 1 aliphatic rings. The zero-order chi connectivity index (χ0) is 31.2. The van der Waals surface area contributed by atoms with Gasteiger partial charge in [-0.25, -0.2) is 4.79 Å². The zero-order valence-corrected chi connectivity index (χ0v) is 26.6. The Morgan fingerprint density at radius 1 is 0.682 bits per heavy atom. The summed E-state index contributed by atoms with van der Waals surface area (Å²) in [5, 5.41) is 3.32. The van der Waals surface area contributed by atoms with Gasteiger partial charge < -0.3 is 52.7 Å². The van der Waals surface area contributed by atoms with Crippen LogP contribution in [0.2, 0.25) is 0 Å². The molecule has 1 unspecified atom stereocenters. The highest BCUT2D eigenvalue weighted by Crippen LogP contribution is 2.13. The van der Waals surface area contributed by atoms with Crippen LogP contribution in [0.3, 0.4) is 0 Å². The van der Waals surface area contributed by atoms with Crippen LogP contribution in [0.4, 0.5) is 5.69 Å². The van der Waals surface area contributed by atoms with Gasteiger partial charge in [-0.05, 0) is 49.9 Å². The molecule has 0 aromatic heterocycles. The predicted molar refractivity (Wildman–Crippen MR) is 165 cm³/mol. The Morgan fingerprint density at radius 2 is 1.16 bits per heavy atom. The zero-order valence-electron chi connectivity index (χ0n) is 26.6. The lowest BCUT2D eigenvalue weighted by Gasteiger charge is -2.22. The number of nitrogens with one attached hydrogen (secondary N) is 1. The highest BCUT2D eigenvalue weighted by molar-refractivity contribution is 5.89. The van der Waals surface area contributed by atoms with Crippen molar-refractivity contribution in [3.05, 3.63) is 29.8 Å². The minimum atomic E-state index is -0.357. The maximum absolute atomic E-state index is 12.1. The highest BCUT2D eigenvalue weighted by atomic mass is 16.7. The van der Waals surface area contributed by atoms with Crippen LogP contribution in [0.5, 0.6) is 0 Å². The van der Waals surface area contributed by atoms with Crippen molar-refractivity contribution < 1.29 is 52.2 Å². The molecule has 1 N–H and O–H groups in total. The van der Waals surface area contributed by atoms with E-state index in [0.29, 0.717) is 105 Å². The van der Waals surface area contributed by atoms with Crippen LogP contribution in [0.25, 0.3) is 0 Å². The Hall–Kier alpha value is -1.87. The van der Waals surface area contributed by atoms with Crippen molar-refractivity contribution in [3.8, 4) is 0 Å². The van der Waals surface area contributed by atoms with Crippen LogP contribution in [0.1, 0.15) is 49.4 Å². The minimum Gasteiger partial charge on any atom is -0.460 e. The van der Waals surface area contributed by atoms with Crippen LogP contribution in [-0.4, -0.2) is 131 Å². The standard InChI is InChI=1S/C32H55NO11/c1-2-3-11-33-30-9-7-29(8-10-30)32(34)44-28-26-41-24-22-39-20-18-37-16-14-35-13-15-36-17-19-38-21-23-40-25-27-43-31-6-4-5-12-42-31/h7-10,31,33H,2-6,11-28H2,1H3. The predicted octanol–water partition coefficient (Wildman–Crippen LogP) is 3.71. The number of unbranched alkanes of at least 4 members (excludes halogenated alkanes) is 1. The Balaban J connectivity index is 1.21. The van der Waals surface area contributed by atoms with Gasteiger partial charge in [-0.15, -0.1) is 0 Å². The molecule has 1 aromatic carbocycles. The normalized spacial score (nSPS) is 15.0. The molecule has 1 atom stereocenters. The molecule has 1 heterocycles. The molecule has 44 heavy (non-hydrogen) atoms. The molecule has 0 radical (unpaired) electrons. The van der Waals surface area contributed by atoms with E-state index in [0.717, 1.165) is 50.9 Å². The van der Waals surface area contributed by atoms with Crippen molar-refractivity contribution in [2.24, 2.45) is 0 Å². The van der Waals surface area contributed by atoms with E-state index >= 15 is 0 Å². The Bertz CT molecular complexity index is 778. The van der Waals surface area contributed by atoms with E-state index in [1.165, 1.54) is 0 Å². The molecule has 0 saturated carbocycles. The summed E-state index contributed by atoms with van der Waals surface area (Å²) in [7, 11) is 0. The third-order valence-electron chi connectivity index (χ3n) is 6.34. The van der Waals surface area contributed by atoms with Crippen LogP contribution in [-0.2, 0) is 47.4 Å². The second kappa shape index (κ2) is 28.6. The van der Waals surface area contributed by atoms with Gasteiger partial charge in [-0.2, -0.15) is 0 Å². The van der Waals surface area contributed by atoms with Crippen LogP contribution in [0.15, 0.2) is 24.3 Å². The number of anilines is 1. The second-order valence-electron chi connectivity index (χ2n) is 9.95. The van der Waals surface area contributed by atoms with E-state index in [2.05, 4.69) is 12.2 Å². The van der Waals surface area contributed by atoms with Gasteiger partial charge in [0.2, 0.25) is 0 Å². The topological polar surface area (TPSA) is 121 Å². The quantitative estimate of drug-likeness (QED) is 0.0986. The van der Waals surface area contributed by atoms with Crippen molar-refractivity contribution in [3.63, 3.8) is 0 Å². The molecule has 1 fully saturated rings. The maximum Gasteiger partial charge on any atom is 0.338 e. The van der Waals surface area contributed by atoms with E-state index in [-0.39, 0.29) is 18.9 Å². The first-order valence-corrected chi connectivity index (χ1v) is 16.1. The van der Waals surface area contributed by atoms with Gasteiger partial charge in [-0.1, -0.05) is 13.3 Å². The highest BCUT2D eigenvalue weighted by Gasteiger charge is 2.13. The summed E-state index contributed by atoms with van der Waals surface area (Å²) in [6.45, 7) is 11.4. The first-order chi connectivity index (χ1) is 21.8. The van der Waals surface area contributed by atoms with E-state index in [9.17, 15) is 4.79 Å². The third-order valence-corrected chi connectivity index (χ3v) is 6.34. The first kappa shape index (κ1) is 38.3. The van der Waals surface area contributed by atoms with E-state index < -0.39 is 0 Å². The van der Waals surface area contributed by atoms with Crippen molar-refractivity contribution >= 4 is 11.7 Å². The largest absolute Gasteiger partial charge is 0.460 e. The summed E-state index contributed by atoms with van der Waals surface area (Å²) in [5.41, 5.74) is 1.52. The fourth-order valence-corrected chi connectivity index (χ4v) is 3.91. The number of benzene rings is 1. The molecule has 0 bridgehead atoms. The summed E-state index contributed by atoms with van der Waals surface area (Å²) < 4.78 is 54.7. The molecule has 1 saturated heterocycles. The smallest absolute Gasteiger partial charge is 0.338 e. The van der Waals surface area contributed by atoms with E-state index in [1.807, 2.05) is 12.1 Å². The van der Waals surface area contributed by atoms with Crippen molar-refractivity contribution in [2.75, 3.05) is 124 Å². The Labute approximate surface area is 263 Å². The number of carbonyl (C=O) groups is 1. The van der Waals surface area contributed by atoms with Crippen LogP contribution in [0, 0.1) is 0 Å². The molecule has 0 aliphatic carbocycles. The molecule has 12 nitrogen and oxygen atoms in total. The molecule has 2 rings (SSSR count). The van der Waals surface area contributed by atoms with E-state index in [4.69, 9.17) is 47.4 Å². The van der Waals surface area contributed by atoms with Crippen molar-refractivity contribution in [1.29, 1.82) is 0 Å². The summed E-state index contributed by atoms with van der Waals surface area (Å²) in [6.07, 6.45) is 5.43. The van der Waals surface area contributed by atoms with Gasteiger partial charge in [0.05, 0.1) is 105 Å². The average molecular weight is 630 g/mol. The lowest BCUT2D eigenvalue weighted by molar-refractivity contribution is -0.169. The molecule has 254 valence electrons. The van der Waals surface area contributed by atoms with Crippen molar-refractivity contribution in [2.45, 2.75) is 45.3 Å². The number of rotatable bonds is 30. The van der Waals surface area contributed by atoms with Gasteiger partial charge in [0.25, 0.3) is 0 Å². The summed E-state index contributed by atoms with van der Waals surface area (Å²) in [4.78, 5) is 12.1. The van der Waals surface area contributed by atoms with E-state index in [1.54, 1.807) is 12.1 Å². The number of ether oxygens (including phenoxy) is 10. The monoisotopic (exact) mass is 629 g/mol. The lowest BCUT2D eigenvalue weighted by Crippen LogP contribution is -2.24. The molecule has 0 spiro atoms. The molecular weight excluding hydrogens is 574 g/mol. The second-order valence-corrected chi connectivity index (χ2v) is 9.95. The number of hydrogen-bond donors (Lipinski definition) is 1. The summed E-state index contributed by atoms with van der Waals surface area (Å²) in [6, 6.07) is 7.30. The molecular formula is C32H55NO11. The Kier molecular flexibility index (Phi) is 24.9. The maximum atomic E-state index is 12.1. The fourth-order valence-electron chi connectivity index (χ4n) is 3.91. The lowest BCUT2D eigenvalue weighted by atomic mass is 10.2. The van der Waals surface area contributed by atoms with Gasteiger partial charge >= 0.3 is 5.97 Å². The SMILES string of the molecule is CCCCNc1ccc(C(=O)OCCOCCOCCOCCOCCOCCOCCOCCOC2CCCCO2)cc1. The summed E-state index contributed by atoms with van der Waals surface area (Å²) in [5.74, 6) is -0.357. The minimum absolute atomic E-state index is 0.0689. The van der Waals surface area contributed by atoms with Gasteiger partial charge in [0.15, 0.2) is 6.29 Å². The van der Waals surface area contributed by atoms with Gasteiger partial charge in [-0.3, -0.25) is 0 Å². The van der Waals surface area contributed by atoms with Crippen molar-refractivity contribution in [1.82, 2.24) is 0 Å². The first-order valence-electron chi connectivity index (χ1n) is 16.1. The van der Waals surface area contributed by atoms with Gasteiger partial charge in [0.1, 0.15) is 6.61 Å². The Morgan fingerprint density at radius 3 is 1.61 bits per heavy atom. The molecule has 1 aromatic rings. The van der Waals surface area contributed by atoms with Crippen LogP contribution < -0.4 is 5.32 Å². The molecule has 12 heteroatoms. The van der Waals surface area contributed by atoms with Crippen LogP contribution >= 0.6 is 0 Å². The number of carbonyl (C=O) groups excluding carboxylic acids is 1. The third kappa shape index (κ3) is 21.8. The number of hydrogen-bond acceptors (Lipinski definition) is 12. The number of esters is 1. The van der Waals surface area contributed by atoms with Gasteiger partial charge in [0, 0.05) is 18.8 Å². The molecule has 1 aliphatic heterocycles. The molecule has 0 amide bonds.